The Bertz CT molecular complexity index is 758. The molecule has 7 nitrogen and oxygen atoms in total. The van der Waals surface area contributed by atoms with E-state index in [1.54, 1.807) is 12.1 Å². The second kappa shape index (κ2) is 8.64. The lowest BCUT2D eigenvalue weighted by Crippen LogP contribution is -2.27. The van der Waals surface area contributed by atoms with E-state index in [4.69, 9.17) is 20.9 Å². The highest BCUT2D eigenvalue weighted by Crippen LogP contribution is 2.21. The highest BCUT2D eigenvalue weighted by atomic mass is 35.5. The van der Waals surface area contributed by atoms with Gasteiger partial charge in [0.15, 0.2) is 0 Å². The van der Waals surface area contributed by atoms with Gasteiger partial charge >= 0.3 is 0 Å². The molecule has 0 aliphatic heterocycles. The van der Waals surface area contributed by atoms with Crippen LogP contribution in [0.5, 0.6) is 0 Å². The fourth-order valence-corrected chi connectivity index (χ4v) is 2.26. The first-order valence-electron chi connectivity index (χ1n) is 7.73. The maximum absolute atomic E-state index is 12.4. The summed E-state index contributed by atoms with van der Waals surface area (Å²) in [7, 11) is 1.50. The molecule has 2 amide bonds. The van der Waals surface area contributed by atoms with Crippen molar-refractivity contribution in [3.05, 3.63) is 46.3 Å². The highest BCUT2D eigenvalue weighted by Gasteiger charge is 2.17. The minimum atomic E-state index is -0.413. The quantitative estimate of drug-likeness (QED) is 0.786. The number of hydrogen-bond donors (Lipinski definition) is 2. The van der Waals surface area contributed by atoms with Gasteiger partial charge in [-0.05, 0) is 24.1 Å². The Hall–Kier alpha value is -2.38. The predicted octanol–water partition coefficient (Wildman–Crippen LogP) is 3.11. The Kier molecular flexibility index (Phi) is 6.55. The molecule has 0 aliphatic carbocycles. The number of aromatic nitrogens is 1. The molecule has 0 saturated carbocycles. The van der Waals surface area contributed by atoms with Gasteiger partial charge in [0.25, 0.3) is 11.8 Å². The number of nitrogens with zero attached hydrogens (tertiary/aromatic N) is 1. The molecule has 25 heavy (non-hydrogen) atoms. The third-order valence-corrected chi connectivity index (χ3v) is 3.64. The van der Waals surface area contributed by atoms with E-state index in [-0.39, 0.29) is 18.1 Å². The van der Waals surface area contributed by atoms with Gasteiger partial charge in [-0.25, -0.2) is 0 Å². The van der Waals surface area contributed by atoms with E-state index in [9.17, 15) is 9.59 Å². The molecule has 0 aliphatic rings. The summed E-state index contributed by atoms with van der Waals surface area (Å²) in [5.41, 5.74) is 1.39. The molecule has 1 heterocycles. The van der Waals surface area contributed by atoms with E-state index >= 15 is 0 Å². The van der Waals surface area contributed by atoms with Gasteiger partial charge in [0.1, 0.15) is 17.5 Å². The maximum atomic E-state index is 12.4. The molecule has 2 aromatic rings. The van der Waals surface area contributed by atoms with Crippen LogP contribution in [0, 0.1) is 5.92 Å². The summed E-state index contributed by atoms with van der Waals surface area (Å²) in [6.45, 7) is 4.68. The van der Waals surface area contributed by atoms with Gasteiger partial charge in [-0.2, -0.15) is 0 Å². The molecule has 134 valence electrons. The van der Waals surface area contributed by atoms with Gasteiger partial charge in [-0.3, -0.25) is 9.59 Å². The van der Waals surface area contributed by atoms with E-state index < -0.39 is 5.91 Å². The number of halogens is 1. The van der Waals surface area contributed by atoms with Crippen LogP contribution in [0.2, 0.25) is 5.02 Å². The molecule has 0 atom stereocenters. The summed E-state index contributed by atoms with van der Waals surface area (Å²) in [6.07, 6.45) is 1.25. The topological polar surface area (TPSA) is 93.5 Å². The van der Waals surface area contributed by atoms with Gasteiger partial charge in [-0.1, -0.05) is 30.6 Å². The summed E-state index contributed by atoms with van der Waals surface area (Å²) < 4.78 is 9.78. The van der Waals surface area contributed by atoms with Crippen molar-refractivity contribution in [2.75, 3.05) is 19.0 Å². The number of anilines is 1. The van der Waals surface area contributed by atoms with Crippen molar-refractivity contribution in [1.29, 1.82) is 0 Å². The van der Waals surface area contributed by atoms with Crippen molar-refractivity contribution in [2.45, 2.75) is 20.5 Å². The number of rotatable bonds is 7. The SMILES string of the molecule is COCc1nocc1C(=O)Nc1ccc(Cl)c(C(=O)NCC(C)C)c1. The third kappa shape index (κ3) is 5.04. The molecule has 1 aromatic carbocycles. The van der Waals surface area contributed by atoms with Crippen LogP contribution in [0.1, 0.15) is 40.3 Å². The number of methoxy groups -OCH3 is 1. The van der Waals surface area contributed by atoms with Crippen molar-refractivity contribution < 1.29 is 18.8 Å². The van der Waals surface area contributed by atoms with Crippen LogP contribution >= 0.6 is 11.6 Å². The molecule has 0 fully saturated rings. The number of amides is 2. The summed E-state index contributed by atoms with van der Waals surface area (Å²) >= 11 is 6.09. The van der Waals surface area contributed by atoms with Gasteiger partial charge in [-0.15, -0.1) is 0 Å². The number of benzene rings is 1. The van der Waals surface area contributed by atoms with Gasteiger partial charge in [0.2, 0.25) is 0 Å². The van der Waals surface area contributed by atoms with Crippen LogP contribution < -0.4 is 10.6 Å². The van der Waals surface area contributed by atoms with Crippen LogP contribution in [0.4, 0.5) is 5.69 Å². The first kappa shape index (κ1) is 19.0. The predicted molar refractivity (Wildman–Crippen MR) is 93.8 cm³/mol. The zero-order valence-corrected chi connectivity index (χ0v) is 15.0. The smallest absolute Gasteiger partial charge is 0.260 e. The second-order valence-corrected chi connectivity index (χ2v) is 6.27. The van der Waals surface area contributed by atoms with E-state index in [1.807, 2.05) is 13.8 Å². The summed E-state index contributed by atoms with van der Waals surface area (Å²) in [5.74, 6) is -0.387. The number of carbonyl (C=O) groups is 2. The van der Waals surface area contributed by atoms with Crippen LogP contribution in [0.25, 0.3) is 0 Å². The zero-order valence-electron chi connectivity index (χ0n) is 14.3. The van der Waals surface area contributed by atoms with Gasteiger partial charge in [0.05, 0.1) is 17.2 Å². The Morgan fingerprint density at radius 1 is 1.28 bits per heavy atom. The minimum Gasteiger partial charge on any atom is -0.378 e. The van der Waals surface area contributed by atoms with Crippen molar-refractivity contribution in [3.63, 3.8) is 0 Å². The molecule has 0 radical (unpaired) electrons. The first-order valence-corrected chi connectivity index (χ1v) is 8.11. The van der Waals surface area contributed by atoms with Gasteiger partial charge < -0.3 is 19.9 Å². The van der Waals surface area contributed by atoms with Crippen molar-refractivity contribution in [3.8, 4) is 0 Å². The summed E-state index contributed by atoms with van der Waals surface area (Å²) in [5, 5.41) is 9.53. The van der Waals surface area contributed by atoms with E-state index in [0.717, 1.165) is 0 Å². The van der Waals surface area contributed by atoms with Gasteiger partial charge in [0, 0.05) is 19.3 Å². The molecular formula is C17H20ClN3O4. The molecule has 1 aromatic heterocycles. The number of hydrogen-bond acceptors (Lipinski definition) is 5. The van der Waals surface area contributed by atoms with Crippen molar-refractivity contribution >= 4 is 29.1 Å². The van der Waals surface area contributed by atoms with Crippen LogP contribution in [0.15, 0.2) is 29.0 Å². The van der Waals surface area contributed by atoms with E-state index in [1.165, 1.54) is 19.4 Å². The van der Waals surface area contributed by atoms with E-state index in [0.29, 0.717) is 34.4 Å². The number of carbonyl (C=O) groups excluding carboxylic acids is 2. The molecule has 8 heteroatoms. The number of nitrogens with one attached hydrogen (secondary N) is 2. The van der Waals surface area contributed by atoms with Crippen molar-refractivity contribution in [2.24, 2.45) is 5.92 Å². The molecule has 0 unspecified atom stereocenters. The summed E-state index contributed by atoms with van der Waals surface area (Å²) in [6, 6.07) is 4.70. The molecule has 0 spiro atoms. The Morgan fingerprint density at radius 3 is 2.72 bits per heavy atom. The average Bonchev–Trinajstić information content (AvgIpc) is 3.03. The zero-order chi connectivity index (χ0) is 18.4. The lowest BCUT2D eigenvalue weighted by molar-refractivity contribution is 0.0947. The Balaban J connectivity index is 2.14. The van der Waals surface area contributed by atoms with Crippen LogP contribution in [-0.4, -0.2) is 30.6 Å². The Labute approximate surface area is 150 Å². The fraction of sp³-hybridized carbons (Fsp3) is 0.353. The summed E-state index contributed by atoms with van der Waals surface area (Å²) in [4.78, 5) is 24.6. The lowest BCUT2D eigenvalue weighted by Gasteiger charge is -2.11. The average molecular weight is 366 g/mol. The Morgan fingerprint density at radius 2 is 2.04 bits per heavy atom. The van der Waals surface area contributed by atoms with Crippen LogP contribution in [0.3, 0.4) is 0 Å². The van der Waals surface area contributed by atoms with Crippen LogP contribution in [-0.2, 0) is 11.3 Å². The maximum Gasteiger partial charge on any atom is 0.260 e. The normalized spacial score (nSPS) is 10.8. The van der Waals surface area contributed by atoms with Crippen molar-refractivity contribution in [1.82, 2.24) is 10.5 Å². The molecule has 2 rings (SSSR count). The fourth-order valence-electron chi connectivity index (χ4n) is 2.05. The molecule has 0 bridgehead atoms. The minimum absolute atomic E-state index is 0.155. The number of ether oxygens (including phenoxy) is 1. The van der Waals surface area contributed by atoms with E-state index in [2.05, 4.69) is 15.8 Å². The largest absolute Gasteiger partial charge is 0.378 e. The molecular weight excluding hydrogens is 346 g/mol. The first-order chi connectivity index (χ1) is 11.9. The molecule has 2 N–H and O–H groups in total. The highest BCUT2D eigenvalue weighted by molar-refractivity contribution is 6.34. The third-order valence-electron chi connectivity index (χ3n) is 3.31. The molecule has 0 saturated heterocycles. The lowest BCUT2D eigenvalue weighted by atomic mass is 10.1. The standard InChI is InChI=1S/C17H20ClN3O4/c1-10(2)7-19-16(22)12-6-11(4-5-14(12)18)20-17(23)13-8-25-21-15(13)9-24-3/h4-6,8,10H,7,9H2,1-3H3,(H,19,22)(H,20,23). The second-order valence-electron chi connectivity index (χ2n) is 5.86. The monoisotopic (exact) mass is 365 g/mol.